The average molecular weight is 388 g/mol. The van der Waals surface area contributed by atoms with Crippen molar-refractivity contribution in [3.8, 4) is 11.5 Å². The van der Waals surface area contributed by atoms with E-state index in [0.717, 1.165) is 25.1 Å². The van der Waals surface area contributed by atoms with Gasteiger partial charge in [-0.05, 0) is 38.9 Å². The van der Waals surface area contributed by atoms with E-state index in [9.17, 15) is 4.79 Å². The van der Waals surface area contributed by atoms with Crippen LogP contribution in [0.15, 0.2) is 22.7 Å². The van der Waals surface area contributed by atoms with Crippen molar-refractivity contribution in [1.82, 2.24) is 20.4 Å². The number of likely N-dealkylation sites (tertiary alicyclic amines) is 1. The first-order valence-electron chi connectivity index (χ1n) is 9.56. The molecule has 1 N–H and O–H groups in total. The van der Waals surface area contributed by atoms with Gasteiger partial charge in [-0.15, -0.1) is 0 Å². The molecular formula is C20H28N4O4. The third-order valence-corrected chi connectivity index (χ3v) is 5.20. The molecule has 1 atom stereocenters. The number of nitrogens with zero attached hydrogens (tertiary/aromatic N) is 3. The molecule has 8 heteroatoms. The number of rotatable bonds is 7. The number of likely N-dealkylation sites (N-methyl/N-ethyl adjacent to an activating group) is 1. The van der Waals surface area contributed by atoms with E-state index >= 15 is 0 Å². The third kappa shape index (κ3) is 4.62. The van der Waals surface area contributed by atoms with E-state index in [1.807, 2.05) is 11.9 Å². The van der Waals surface area contributed by atoms with Gasteiger partial charge in [0.05, 0.1) is 14.2 Å². The zero-order chi connectivity index (χ0) is 20.1. The second-order valence-electron chi connectivity index (χ2n) is 7.11. The molecule has 1 aromatic heterocycles. The van der Waals surface area contributed by atoms with Crippen LogP contribution in [-0.2, 0) is 6.42 Å². The molecule has 0 spiro atoms. The summed E-state index contributed by atoms with van der Waals surface area (Å²) in [5.74, 6) is 2.77. The van der Waals surface area contributed by atoms with E-state index < -0.39 is 0 Å². The van der Waals surface area contributed by atoms with Crippen LogP contribution in [0.5, 0.6) is 11.5 Å². The molecule has 1 amide bonds. The fraction of sp³-hybridized carbons (Fsp3) is 0.550. The highest BCUT2D eigenvalue weighted by atomic mass is 16.5. The predicted octanol–water partition coefficient (Wildman–Crippen LogP) is 2.26. The molecule has 1 aliphatic rings. The standard InChI is InChI=1S/C20H28N4O4/c1-13(21-2)9-18-22-19(28-23-18)14-5-7-24(8-6-14)20(25)15-10-16(26-3)12-17(11-15)27-4/h10-14,21H,5-9H2,1-4H3. The minimum Gasteiger partial charge on any atom is -0.497 e. The Morgan fingerprint density at radius 1 is 1.25 bits per heavy atom. The number of aromatic nitrogens is 2. The minimum absolute atomic E-state index is 0.0234. The molecule has 2 heterocycles. The van der Waals surface area contributed by atoms with Gasteiger partial charge < -0.3 is 24.2 Å². The quantitative estimate of drug-likeness (QED) is 0.778. The summed E-state index contributed by atoms with van der Waals surface area (Å²) in [6.07, 6.45) is 2.33. The maximum atomic E-state index is 12.9. The highest BCUT2D eigenvalue weighted by Gasteiger charge is 2.28. The van der Waals surface area contributed by atoms with Gasteiger partial charge in [0, 0.05) is 43.1 Å². The number of hydrogen-bond acceptors (Lipinski definition) is 7. The van der Waals surface area contributed by atoms with Crippen molar-refractivity contribution in [2.45, 2.75) is 38.1 Å². The molecule has 0 aliphatic carbocycles. The number of carbonyl (C=O) groups is 1. The van der Waals surface area contributed by atoms with Gasteiger partial charge >= 0.3 is 0 Å². The van der Waals surface area contributed by atoms with Crippen LogP contribution in [-0.4, -0.2) is 61.3 Å². The van der Waals surface area contributed by atoms with Crippen LogP contribution in [0, 0.1) is 0 Å². The van der Waals surface area contributed by atoms with Gasteiger partial charge in [-0.1, -0.05) is 5.16 Å². The van der Waals surface area contributed by atoms with Crippen molar-refractivity contribution in [2.24, 2.45) is 0 Å². The van der Waals surface area contributed by atoms with E-state index in [-0.39, 0.29) is 11.8 Å². The number of amides is 1. The highest BCUT2D eigenvalue weighted by molar-refractivity contribution is 5.95. The Bertz CT molecular complexity index is 777. The lowest BCUT2D eigenvalue weighted by Gasteiger charge is -2.30. The Morgan fingerprint density at radius 2 is 1.89 bits per heavy atom. The number of ether oxygens (including phenoxy) is 2. The van der Waals surface area contributed by atoms with Crippen LogP contribution >= 0.6 is 0 Å². The molecule has 28 heavy (non-hydrogen) atoms. The Balaban J connectivity index is 1.61. The van der Waals surface area contributed by atoms with E-state index in [2.05, 4.69) is 22.4 Å². The number of piperidine rings is 1. The molecule has 2 aromatic rings. The largest absolute Gasteiger partial charge is 0.497 e. The minimum atomic E-state index is -0.0234. The smallest absolute Gasteiger partial charge is 0.254 e. The van der Waals surface area contributed by atoms with Crippen LogP contribution in [0.25, 0.3) is 0 Å². The van der Waals surface area contributed by atoms with E-state index in [4.69, 9.17) is 14.0 Å². The summed E-state index contributed by atoms with van der Waals surface area (Å²) in [6, 6.07) is 5.53. The van der Waals surface area contributed by atoms with Gasteiger partial charge in [-0.2, -0.15) is 4.98 Å². The Kier molecular flexibility index (Phi) is 6.51. The van der Waals surface area contributed by atoms with Gasteiger partial charge in [0.15, 0.2) is 5.82 Å². The molecule has 152 valence electrons. The lowest BCUT2D eigenvalue weighted by molar-refractivity contribution is 0.0704. The molecule has 3 rings (SSSR count). The summed E-state index contributed by atoms with van der Waals surface area (Å²) < 4.78 is 16.0. The average Bonchev–Trinajstić information content (AvgIpc) is 3.21. The summed E-state index contributed by atoms with van der Waals surface area (Å²) in [4.78, 5) is 19.3. The first-order valence-corrected chi connectivity index (χ1v) is 9.56. The fourth-order valence-electron chi connectivity index (χ4n) is 3.34. The second kappa shape index (κ2) is 9.05. The van der Waals surface area contributed by atoms with Gasteiger partial charge in [0.2, 0.25) is 5.89 Å². The molecule has 1 fully saturated rings. The molecule has 0 saturated carbocycles. The Labute approximate surface area is 165 Å². The number of nitrogens with one attached hydrogen (secondary N) is 1. The Morgan fingerprint density at radius 3 is 2.46 bits per heavy atom. The summed E-state index contributed by atoms with van der Waals surface area (Å²) in [5, 5.41) is 7.25. The summed E-state index contributed by atoms with van der Waals surface area (Å²) in [7, 11) is 5.06. The molecule has 8 nitrogen and oxygen atoms in total. The van der Waals surface area contributed by atoms with Crippen molar-refractivity contribution >= 4 is 5.91 Å². The molecular weight excluding hydrogens is 360 g/mol. The molecule has 1 aliphatic heterocycles. The SMILES string of the molecule is CNC(C)Cc1noc(C2CCN(C(=O)c3cc(OC)cc(OC)c3)CC2)n1. The maximum absolute atomic E-state index is 12.9. The van der Waals surface area contributed by atoms with Crippen molar-refractivity contribution < 1.29 is 18.8 Å². The van der Waals surface area contributed by atoms with Crippen LogP contribution in [0.1, 0.15) is 47.8 Å². The number of carbonyl (C=O) groups excluding carboxylic acids is 1. The van der Waals surface area contributed by atoms with Crippen molar-refractivity contribution in [3.05, 3.63) is 35.5 Å². The molecule has 1 unspecified atom stereocenters. The second-order valence-corrected chi connectivity index (χ2v) is 7.11. The lowest BCUT2D eigenvalue weighted by atomic mass is 9.96. The first kappa shape index (κ1) is 20.1. The van der Waals surface area contributed by atoms with Crippen LogP contribution in [0.4, 0.5) is 0 Å². The normalized spacial score (nSPS) is 16.1. The van der Waals surface area contributed by atoms with Crippen molar-refractivity contribution in [3.63, 3.8) is 0 Å². The zero-order valence-corrected chi connectivity index (χ0v) is 16.9. The number of benzene rings is 1. The van der Waals surface area contributed by atoms with Gasteiger partial charge in [0.25, 0.3) is 5.91 Å². The molecule has 1 aromatic carbocycles. The summed E-state index contributed by atoms with van der Waals surface area (Å²) in [6.45, 7) is 3.37. The fourth-order valence-corrected chi connectivity index (χ4v) is 3.34. The maximum Gasteiger partial charge on any atom is 0.254 e. The number of hydrogen-bond donors (Lipinski definition) is 1. The summed E-state index contributed by atoms with van der Waals surface area (Å²) >= 11 is 0. The summed E-state index contributed by atoms with van der Waals surface area (Å²) in [5.41, 5.74) is 0.566. The van der Waals surface area contributed by atoms with Crippen LogP contribution < -0.4 is 14.8 Å². The highest BCUT2D eigenvalue weighted by Crippen LogP contribution is 2.29. The molecule has 0 radical (unpaired) electrons. The molecule has 0 bridgehead atoms. The zero-order valence-electron chi connectivity index (χ0n) is 16.9. The predicted molar refractivity (Wildman–Crippen MR) is 104 cm³/mol. The monoisotopic (exact) mass is 388 g/mol. The Hall–Kier alpha value is -2.61. The third-order valence-electron chi connectivity index (χ3n) is 5.20. The van der Waals surface area contributed by atoms with Crippen LogP contribution in [0.2, 0.25) is 0 Å². The van der Waals surface area contributed by atoms with Gasteiger partial charge in [0.1, 0.15) is 11.5 Å². The number of methoxy groups -OCH3 is 2. The van der Waals surface area contributed by atoms with Crippen LogP contribution in [0.3, 0.4) is 0 Å². The van der Waals surface area contributed by atoms with Crippen molar-refractivity contribution in [2.75, 3.05) is 34.4 Å². The molecule has 1 saturated heterocycles. The first-order chi connectivity index (χ1) is 13.5. The van der Waals surface area contributed by atoms with E-state index in [1.165, 1.54) is 0 Å². The lowest BCUT2D eigenvalue weighted by Crippen LogP contribution is -2.38. The van der Waals surface area contributed by atoms with E-state index in [1.54, 1.807) is 32.4 Å². The van der Waals surface area contributed by atoms with Crippen molar-refractivity contribution in [1.29, 1.82) is 0 Å². The van der Waals surface area contributed by atoms with E-state index in [0.29, 0.717) is 42.1 Å². The van der Waals surface area contributed by atoms with Gasteiger partial charge in [-0.25, -0.2) is 0 Å². The topological polar surface area (TPSA) is 89.7 Å². The van der Waals surface area contributed by atoms with Gasteiger partial charge in [-0.3, -0.25) is 4.79 Å².